The molecule has 116 valence electrons. The molecule has 0 bridgehead atoms. The van der Waals surface area contributed by atoms with Crippen LogP contribution in [-0.4, -0.2) is 34.7 Å². The number of hydrogen-bond donors (Lipinski definition) is 2. The van der Waals surface area contributed by atoms with Crippen LogP contribution < -0.4 is 5.32 Å². The molecule has 0 aromatic rings. The second-order valence-electron chi connectivity index (χ2n) is 6.47. The molecule has 1 aliphatic carbocycles. The third-order valence-corrected chi connectivity index (χ3v) is 3.30. The van der Waals surface area contributed by atoms with Crippen molar-refractivity contribution in [2.45, 2.75) is 83.5 Å². The van der Waals surface area contributed by atoms with Crippen molar-refractivity contribution in [3.63, 3.8) is 0 Å². The van der Waals surface area contributed by atoms with E-state index in [-0.39, 0.29) is 30.8 Å². The van der Waals surface area contributed by atoms with Crippen LogP contribution in [0.5, 0.6) is 0 Å². The molecule has 0 aromatic heterocycles. The fourth-order valence-corrected chi connectivity index (χ4v) is 2.34. The lowest BCUT2D eigenvalue weighted by molar-refractivity contribution is -0.155. The highest BCUT2D eigenvalue weighted by Crippen LogP contribution is 2.18. The van der Waals surface area contributed by atoms with Crippen molar-refractivity contribution in [2.75, 3.05) is 0 Å². The molecule has 0 spiro atoms. The number of carbonyl (C=O) groups excluding carboxylic acids is 2. The van der Waals surface area contributed by atoms with Gasteiger partial charge in [0.15, 0.2) is 0 Å². The number of rotatable bonds is 4. The van der Waals surface area contributed by atoms with Crippen LogP contribution in [0.25, 0.3) is 0 Å². The topological polar surface area (TPSA) is 75.6 Å². The second-order valence-corrected chi connectivity index (χ2v) is 6.47. The van der Waals surface area contributed by atoms with Crippen LogP contribution in [0.3, 0.4) is 0 Å². The maximum absolute atomic E-state index is 11.8. The number of ether oxygens (including phenoxy) is 1. The lowest BCUT2D eigenvalue weighted by Gasteiger charge is -2.22. The molecule has 20 heavy (non-hydrogen) atoms. The van der Waals surface area contributed by atoms with E-state index in [0.717, 1.165) is 32.1 Å². The second kappa shape index (κ2) is 7.62. The summed E-state index contributed by atoms with van der Waals surface area (Å²) in [6, 6.07) is -0.177. The number of aliphatic hydroxyl groups is 1. The molecule has 0 radical (unpaired) electrons. The Labute approximate surface area is 121 Å². The molecule has 2 atom stereocenters. The average Bonchev–Trinajstić information content (AvgIpc) is 2.50. The summed E-state index contributed by atoms with van der Waals surface area (Å²) in [5, 5.41) is 12.8. The fraction of sp³-hybridized carbons (Fsp3) is 0.867. The Bertz CT molecular complexity index is 335. The summed E-state index contributed by atoms with van der Waals surface area (Å²) in [7, 11) is 0. The van der Waals surface area contributed by atoms with E-state index in [1.807, 2.05) is 0 Å². The molecule has 0 aliphatic heterocycles. The molecular weight excluding hydrogens is 258 g/mol. The SMILES string of the molecule is CC(C)(C)OC(=O)CCC(=O)NC1CCCCCC1O. The minimum Gasteiger partial charge on any atom is -0.460 e. The normalized spacial score (nSPS) is 23.8. The van der Waals surface area contributed by atoms with Gasteiger partial charge in [0, 0.05) is 6.42 Å². The van der Waals surface area contributed by atoms with Crippen molar-refractivity contribution >= 4 is 11.9 Å². The Kier molecular flexibility index (Phi) is 6.46. The fourth-order valence-electron chi connectivity index (χ4n) is 2.34. The summed E-state index contributed by atoms with van der Waals surface area (Å²) >= 11 is 0. The number of nitrogens with one attached hydrogen (secondary N) is 1. The zero-order valence-electron chi connectivity index (χ0n) is 12.8. The number of carbonyl (C=O) groups is 2. The molecule has 5 heteroatoms. The lowest BCUT2D eigenvalue weighted by Crippen LogP contribution is -2.42. The zero-order valence-corrected chi connectivity index (χ0v) is 12.8. The minimum absolute atomic E-state index is 0.0753. The van der Waals surface area contributed by atoms with E-state index in [2.05, 4.69) is 5.32 Å². The molecule has 1 amide bonds. The van der Waals surface area contributed by atoms with Gasteiger partial charge in [-0.15, -0.1) is 0 Å². The van der Waals surface area contributed by atoms with Gasteiger partial charge < -0.3 is 15.2 Å². The molecule has 1 rings (SSSR count). The quantitative estimate of drug-likeness (QED) is 0.611. The van der Waals surface area contributed by atoms with E-state index in [1.54, 1.807) is 20.8 Å². The number of hydrogen-bond acceptors (Lipinski definition) is 4. The summed E-state index contributed by atoms with van der Waals surface area (Å²) < 4.78 is 5.15. The highest BCUT2D eigenvalue weighted by molar-refractivity contribution is 5.81. The van der Waals surface area contributed by atoms with Crippen molar-refractivity contribution in [1.82, 2.24) is 5.32 Å². The van der Waals surface area contributed by atoms with E-state index in [0.29, 0.717) is 0 Å². The van der Waals surface area contributed by atoms with Crippen molar-refractivity contribution in [1.29, 1.82) is 0 Å². The molecular formula is C15H27NO4. The molecule has 1 fully saturated rings. The van der Waals surface area contributed by atoms with Gasteiger partial charge in [0.1, 0.15) is 5.60 Å². The van der Waals surface area contributed by atoms with Gasteiger partial charge in [-0.05, 0) is 33.6 Å². The summed E-state index contributed by atoms with van der Waals surface area (Å²) in [6.45, 7) is 5.40. The standard InChI is InChI=1S/C15H27NO4/c1-15(2,3)20-14(19)10-9-13(18)16-11-7-5-4-6-8-12(11)17/h11-12,17H,4-10H2,1-3H3,(H,16,18). The molecule has 1 saturated carbocycles. The Hall–Kier alpha value is -1.10. The third kappa shape index (κ3) is 6.89. The van der Waals surface area contributed by atoms with Gasteiger partial charge in [0.05, 0.1) is 18.6 Å². The zero-order chi connectivity index (χ0) is 15.2. The first-order valence-electron chi connectivity index (χ1n) is 7.47. The number of aliphatic hydroxyl groups excluding tert-OH is 1. The highest BCUT2D eigenvalue weighted by atomic mass is 16.6. The first kappa shape index (κ1) is 17.0. The molecule has 1 aliphatic rings. The Morgan fingerprint density at radius 1 is 1.15 bits per heavy atom. The van der Waals surface area contributed by atoms with Gasteiger partial charge in [0.25, 0.3) is 0 Å². The van der Waals surface area contributed by atoms with E-state index in [1.165, 1.54) is 0 Å². The largest absolute Gasteiger partial charge is 0.460 e. The number of esters is 1. The van der Waals surface area contributed by atoms with E-state index in [4.69, 9.17) is 4.74 Å². The summed E-state index contributed by atoms with van der Waals surface area (Å²) in [6.07, 6.45) is 4.38. The van der Waals surface area contributed by atoms with E-state index in [9.17, 15) is 14.7 Å². The van der Waals surface area contributed by atoms with Crippen molar-refractivity contribution < 1.29 is 19.4 Å². The molecule has 0 saturated heterocycles. The monoisotopic (exact) mass is 285 g/mol. The van der Waals surface area contributed by atoms with Crippen LogP contribution >= 0.6 is 0 Å². The predicted molar refractivity (Wildman–Crippen MR) is 76.1 cm³/mol. The van der Waals surface area contributed by atoms with Crippen molar-refractivity contribution in [2.24, 2.45) is 0 Å². The van der Waals surface area contributed by atoms with Crippen LogP contribution in [-0.2, 0) is 14.3 Å². The van der Waals surface area contributed by atoms with Gasteiger partial charge in [0.2, 0.25) is 5.91 Å². The van der Waals surface area contributed by atoms with Gasteiger partial charge in [-0.1, -0.05) is 19.3 Å². The first-order chi connectivity index (χ1) is 9.28. The van der Waals surface area contributed by atoms with Crippen molar-refractivity contribution in [3.05, 3.63) is 0 Å². The molecule has 2 unspecified atom stereocenters. The van der Waals surface area contributed by atoms with Crippen LogP contribution in [0, 0.1) is 0 Å². The summed E-state index contributed by atoms with van der Waals surface area (Å²) in [4.78, 5) is 23.3. The van der Waals surface area contributed by atoms with Gasteiger partial charge in [-0.25, -0.2) is 0 Å². The van der Waals surface area contributed by atoms with Gasteiger partial charge in [-0.3, -0.25) is 9.59 Å². The van der Waals surface area contributed by atoms with Gasteiger partial charge in [-0.2, -0.15) is 0 Å². The maximum Gasteiger partial charge on any atom is 0.306 e. The predicted octanol–water partition coefficient (Wildman–Crippen LogP) is 1.92. The highest BCUT2D eigenvalue weighted by Gasteiger charge is 2.23. The van der Waals surface area contributed by atoms with Crippen LogP contribution in [0.2, 0.25) is 0 Å². The Morgan fingerprint density at radius 3 is 2.45 bits per heavy atom. The molecule has 2 N–H and O–H groups in total. The smallest absolute Gasteiger partial charge is 0.306 e. The molecule has 5 nitrogen and oxygen atoms in total. The Balaban J connectivity index is 2.30. The van der Waals surface area contributed by atoms with Crippen molar-refractivity contribution in [3.8, 4) is 0 Å². The van der Waals surface area contributed by atoms with Crippen LogP contribution in [0.4, 0.5) is 0 Å². The first-order valence-corrected chi connectivity index (χ1v) is 7.47. The molecule has 0 heterocycles. The van der Waals surface area contributed by atoms with Crippen LogP contribution in [0.15, 0.2) is 0 Å². The third-order valence-electron chi connectivity index (χ3n) is 3.30. The maximum atomic E-state index is 11.8. The van der Waals surface area contributed by atoms with Crippen LogP contribution in [0.1, 0.15) is 65.7 Å². The molecule has 0 aromatic carbocycles. The summed E-state index contributed by atoms with van der Waals surface area (Å²) in [5.41, 5.74) is -0.523. The number of amides is 1. The van der Waals surface area contributed by atoms with E-state index >= 15 is 0 Å². The minimum atomic E-state index is -0.523. The van der Waals surface area contributed by atoms with E-state index < -0.39 is 11.7 Å². The average molecular weight is 285 g/mol. The summed E-state index contributed by atoms with van der Waals surface area (Å²) in [5.74, 6) is -0.559. The lowest BCUT2D eigenvalue weighted by atomic mass is 10.1. The Morgan fingerprint density at radius 2 is 1.80 bits per heavy atom. The van der Waals surface area contributed by atoms with Gasteiger partial charge >= 0.3 is 5.97 Å².